The number of benzene rings is 1. The van der Waals surface area contributed by atoms with E-state index in [9.17, 15) is 0 Å². The van der Waals surface area contributed by atoms with Gasteiger partial charge in [-0.05, 0) is 19.2 Å². The quantitative estimate of drug-likeness (QED) is 0.803. The molecule has 0 fully saturated rings. The first-order chi connectivity index (χ1) is 6.72. The van der Waals surface area contributed by atoms with Crippen molar-refractivity contribution in [1.82, 2.24) is 5.32 Å². The highest BCUT2D eigenvalue weighted by atomic mass is 35.5. The molecule has 0 radical (unpaired) electrons. The van der Waals surface area contributed by atoms with E-state index in [-0.39, 0.29) is 6.04 Å². The lowest BCUT2D eigenvalue weighted by molar-refractivity contribution is 0.257. The van der Waals surface area contributed by atoms with Crippen LogP contribution in [0.2, 0.25) is 10.0 Å². The van der Waals surface area contributed by atoms with E-state index in [0.717, 1.165) is 17.7 Å². The van der Waals surface area contributed by atoms with Crippen molar-refractivity contribution >= 4 is 23.2 Å². The zero-order chi connectivity index (χ0) is 10.1. The molecule has 76 valence electrons. The predicted octanol–water partition coefficient (Wildman–Crippen LogP) is 3.04. The topological polar surface area (TPSA) is 21.3 Å². The monoisotopic (exact) mass is 231 g/mol. The van der Waals surface area contributed by atoms with Crippen LogP contribution in [0, 0.1) is 0 Å². The first-order valence-corrected chi connectivity index (χ1v) is 5.27. The lowest BCUT2D eigenvalue weighted by Crippen LogP contribution is -2.24. The minimum atomic E-state index is 0.287. The molecule has 0 saturated carbocycles. The van der Waals surface area contributed by atoms with E-state index in [1.807, 2.05) is 13.1 Å². The minimum absolute atomic E-state index is 0.287. The number of fused-ring (bicyclic) bond motifs is 1. The third-order valence-corrected chi connectivity index (χ3v) is 2.91. The Morgan fingerprint density at radius 1 is 1.43 bits per heavy atom. The molecule has 1 aliphatic heterocycles. The largest absolute Gasteiger partial charge is 0.492 e. The summed E-state index contributed by atoms with van der Waals surface area (Å²) in [5, 5.41) is 4.46. The zero-order valence-corrected chi connectivity index (χ0v) is 9.32. The number of nitrogens with one attached hydrogen (secondary N) is 1. The summed E-state index contributed by atoms with van der Waals surface area (Å²) in [5.74, 6) is 0.765. The van der Waals surface area contributed by atoms with Gasteiger partial charge in [-0.15, -0.1) is 0 Å². The fraction of sp³-hybridized carbons (Fsp3) is 0.400. The first-order valence-electron chi connectivity index (χ1n) is 4.51. The van der Waals surface area contributed by atoms with Gasteiger partial charge in [-0.3, -0.25) is 0 Å². The van der Waals surface area contributed by atoms with Gasteiger partial charge in [-0.2, -0.15) is 0 Å². The van der Waals surface area contributed by atoms with Crippen LogP contribution in [0.25, 0.3) is 0 Å². The summed E-state index contributed by atoms with van der Waals surface area (Å²) in [4.78, 5) is 0. The average Bonchev–Trinajstić information content (AvgIpc) is 2.17. The Hall–Kier alpha value is -0.440. The molecule has 1 heterocycles. The molecule has 1 aromatic carbocycles. The van der Waals surface area contributed by atoms with E-state index in [2.05, 4.69) is 5.32 Å². The van der Waals surface area contributed by atoms with Crippen molar-refractivity contribution in [3.8, 4) is 5.75 Å². The molecule has 1 atom stereocenters. The van der Waals surface area contributed by atoms with Crippen molar-refractivity contribution in [1.29, 1.82) is 0 Å². The van der Waals surface area contributed by atoms with Crippen molar-refractivity contribution < 1.29 is 4.74 Å². The number of hydrogen-bond donors (Lipinski definition) is 1. The Morgan fingerprint density at radius 3 is 2.93 bits per heavy atom. The molecule has 1 aliphatic rings. The van der Waals surface area contributed by atoms with Crippen molar-refractivity contribution in [2.45, 2.75) is 12.5 Å². The maximum Gasteiger partial charge on any atom is 0.142 e. The van der Waals surface area contributed by atoms with Crippen LogP contribution in [0.1, 0.15) is 18.0 Å². The van der Waals surface area contributed by atoms with Crippen LogP contribution >= 0.6 is 23.2 Å². The van der Waals surface area contributed by atoms with Gasteiger partial charge < -0.3 is 10.1 Å². The summed E-state index contributed by atoms with van der Waals surface area (Å²) in [7, 11) is 1.93. The Morgan fingerprint density at radius 2 is 2.21 bits per heavy atom. The van der Waals surface area contributed by atoms with E-state index < -0.39 is 0 Å². The van der Waals surface area contributed by atoms with Crippen molar-refractivity contribution in [3.05, 3.63) is 27.7 Å². The Bertz CT molecular complexity index is 354. The van der Waals surface area contributed by atoms with Crippen LogP contribution in [0.5, 0.6) is 5.75 Å². The SMILES string of the molecule is CNC1CCOc2c(Cl)cc(Cl)cc21. The molecule has 14 heavy (non-hydrogen) atoms. The van der Waals surface area contributed by atoms with Crippen molar-refractivity contribution in [2.24, 2.45) is 0 Å². The fourth-order valence-corrected chi connectivity index (χ4v) is 2.29. The summed E-state index contributed by atoms with van der Waals surface area (Å²) >= 11 is 12.0. The second kappa shape index (κ2) is 3.97. The van der Waals surface area contributed by atoms with Crippen LogP contribution in [-0.4, -0.2) is 13.7 Å². The molecule has 0 aliphatic carbocycles. The molecule has 1 aromatic rings. The number of hydrogen-bond acceptors (Lipinski definition) is 2. The van der Waals surface area contributed by atoms with E-state index in [1.54, 1.807) is 6.07 Å². The third-order valence-electron chi connectivity index (χ3n) is 2.41. The van der Waals surface area contributed by atoms with Crippen molar-refractivity contribution in [2.75, 3.05) is 13.7 Å². The summed E-state index contributed by atoms with van der Waals surface area (Å²) < 4.78 is 5.51. The standard InChI is InChI=1S/C10H11Cl2NO/c1-13-9-2-3-14-10-7(9)4-6(11)5-8(10)12/h4-5,9,13H,2-3H2,1H3. The molecule has 0 amide bonds. The van der Waals surface area contributed by atoms with Gasteiger partial charge in [0.1, 0.15) is 5.75 Å². The second-order valence-corrected chi connectivity index (χ2v) is 4.13. The summed E-state index contributed by atoms with van der Waals surface area (Å²) in [6.07, 6.45) is 0.945. The summed E-state index contributed by atoms with van der Waals surface area (Å²) in [6.45, 7) is 0.694. The number of halogens is 2. The van der Waals surface area contributed by atoms with Gasteiger partial charge in [0.05, 0.1) is 11.6 Å². The lowest BCUT2D eigenvalue weighted by atomic mass is 10.0. The maximum absolute atomic E-state index is 6.03. The van der Waals surface area contributed by atoms with Gasteiger partial charge in [-0.1, -0.05) is 23.2 Å². The normalized spacial score (nSPS) is 20.1. The highest BCUT2D eigenvalue weighted by Crippen LogP contribution is 2.39. The molecular weight excluding hydrogens is 221 g/mol. The van der Waals surface area contributed by atoms with Crippen LogP contribution < -0.4 is 10.1 Å². The highest BCUT2D eigenvalue weighted by molar-refractivity contribution is 6.35. The first kappa shape index (κ1) is 10.1. The van der Waals surface area contributed by atoms with Gasteiger partial charge in [0.25, 0.3) is 0 Å². The summed E-state index contributed by atoms with van der Waals surface area (Å²) in [5.41, 5.74) is 1.05. The predicted molar refractivity (Wildman–Crippen MR) is 58.4 cm³/mol. The number of ether oxygens (including phenoxy) is 1. The van der Waals surface area contributed by atoms with E-state index in [0.29, 0.717) is 16.7 Å². The Labute approximate surface area is 93.2 Å². The Kier molecular flexibility index (Phi) is 2.86. The van der Waals surface area contributed by atoms with Gasteiger partial charge in [-0.25, -0.2) is 0 Å². The maximum atomic E-state index is 6.03. The van der Waals surface area contributed by atoms with Crippen LogP contribution in [0.4, 0.5) is 0 Å². The minimum Gasteiger partial charge on any atom is -0.492 e. The molecule has 2 rings (SSSR count). The highest BCUT2D eigenvalue weighted by Gasteiger charge is 2.22. The third kappa shape index (κ3) is 1.70. The summed E-state index contributed by atoms with van der Waals surface area (Å²) in [6, 6.07) is 3.90. The molecule has 0 bridgehead atoms. The van der Waals surface area contributed by atoms with Crippen LogP contribution in [0.3, 0.4) is 0 Å². The average molecular weight is 232 g/mol. The van der Waals surface area contributed by atoms with Crippen LogP contribution in [0.15, 0.2) is 12.1 Å². The van der Waals surface area contributed by atoms with Gasteiger partial charge >= 0.3 is 0 Å². The van der Waals surface area contributed by atoms with Gasteiger partial charge in [0.15, 0.2) is 0 Å². The molecule has 4 heteroatoms. The lowest BCUT2D eigenvalue weighted by Gasteiger charge is -2.26. The van der Waals surface area contributed by atoms with Gasteiger partial charge in [0.2, 0.25) is 0 Å². The van der Waals surface area contributed by atoms with Crippen LogP contribution in [-0.2, 0) is 0 Å². The molecular formula is C10H11Cl2NO. The molecule has 0 saturated heterocycles. The number of rotatable bonds is 1. The molecule has 2 nitrogen and oxygen atoms in total. The molecule has 0 spiro atoms. The molecule has 1 N–H and O–H groups in total. The van der Waals surface area contributed by atoms with E-state index in [4.69, 9.17) is 27.9 Å². The fourth-order valence-electron chi connectivity index (χ4n) is 1.73. The second-order valence-electron chi connectivity index (χ2n) is 3.28. The van der Waals surface area contributed by atoms with E-state index >= 15 is 0 Å². The molecule has 0 aromatic heterocycles. The van der Waals surface area contributed by atoms with Crippen molar-refractivity contribution in [3.63, 3.8) is 0 Å². The smallest absolute Gasteiger partial charge is 0.142 e. The zero-order valence-electron chi connectivity index (χ0n) is 7.81. The Balaban J connectivity index is 2.51. The van der Waals surface area contributed by atoms with E-state index in [1.165, 1.54) is 0 Å². The molecule has 1 unspecified atom stereocenters. The van der Waals surface area contributed by atoms with Gasteiger partial charge in [0, 0.05) is 23.0 Å².